The Balaban J connectivity index is 2.12. The monoisotopic (exact) mass is 247 g/mol. The number of thioether (sulfide) groups is 1. The number of halogens is 1. The molecule has 6 heteroatoms. The molecule has 2 heterocycles. The van der Waals surface area contributed by atoms with Crippen molar-refractivity contribution < 1.29 is 4.42 Å². The fourth-order valence-electron chi connectivity index (χ4n) is 1.59. The topological polar surface area (TPSA) is 42.2 Å². The largest absolute Gasteiger partial charge is 0.407 e. The van der Waals surface area contributed by atoms with Crippen LogP contribution < -0.4 is 4.90 Å². The van der Waals surface area contributed by atoms with E-state index in [4.69, 9.17) is 16.0 Å². The summed E-state index contributed by atoms with van der Waals surface area (Å²) in [6, 6.07) is 1.07. The smallest absolute Gasteiger partial charge is 0.318 e. The quantitative estimate of drug-likeness (QED) is 0.749. The van der Waals surface area contributed by atoms with Crippen LogP contribution in [0.5, 0.6) is 0 Å². The van der Waals surface area contributed by atoms with E-state index in [1.165, 1.54) is 5.75 Å². The summed E-state index contributed by atoms with van der Waals surface area (Å²) in [6.45, 7) is 3.16. The summed E-state index contributed by atoms with van der Waals surface area (Å²) < 4.78 is 5.46. The van der Waals surface area contributed by atoms with Gasteiger partial charge in [0.15, 0.2) is 0 Å². The van der Waals surface area contributed by atoms with E-state index >= 15 is 0 Å². The maximum atomic E-state index is 5.63. The first kappa shape index (κ1) is 11.1. The Morgan fingerprint density at radius 1 is 1.53 bits per heavy atom. The van der Waals surface area contributed by atoms with Crippen LogP contribution in [0.4, 0.5) is 6.01 Å². The van der Waals surface area contributed by atoms with Gasteiger partial charge in [0.25, 0.3) is 0 Å². The lowest BCUT2D eigenvalue weighted by Gasteiger charge is -2.23. The van der Waals surface area contributed by atoms with Gasteiger partial charge < -0.3 is 9.32 Å². The average Bonchev–Trinajstić information content (AvgIpc) is 2.62. The van der Waals surface area contributed by atoms with Gasteiger partial charge >= 0.3 is 6.01 Å². The van der Waals surface area contributed by atoms with Crippen molar-refractivity contribution in [3.05, 3.63) is 5.89 Å². The average molecular weight is 248 g/mol. The Morgan fingerprint density at radius 3 is 3.13 bits per heavy atom. The molecule has 84 valence electrons. The number of nitrogens with zero attached hydrogens (tertiary/aromatic N) is 3. The van der Waals surface area contributed by atoms with Gasteiger partial charge in [-0.1, -0.05) is 5.10 Å². The molecule has 1 saturated heterocycles. The van der Waals surface area contributed by atoms with Crippen LogP contribution in [0, 0.1) is 0 Å². The number of anilines is 1. The highest BCUT2D eigenvalue weighted by Crippen LogP contribution is 2.22. The van der Waals surface area contributed by atoms with E-state index in [0.717, 1.165) is 18.7 Å². The van der Waals surface area contributed by atoms with Crippen LogP contribution in [-0.2, 0) is 5.88 Å². The molecular formula is C9H14ClN3OS. The number of hydrogen-bond donors (Lipinski definition) is 0. The van der Waals surface area contributed by atoms with Gasteiger partial charge in [0.2, 0.25) is 5.89 Å². The van der Waals surface area contributed by atoms with Crippen LogP contribution >= 0.6 is 23.4 Å². The molecule has 0 bridgehead atoms. The Morgan fingerprint density at radius 2 is 2.40 bits per heavy atom. The van der Waals surface area contributed by atoms with Crippen molar-refractivity contribution in [3.8, 4) is 0 Å². The minimum atomic E-state index is 0.282. The van der Waals surface area contributed by atoms with E-state index in [1.54, 1.807) is 0 Å². The predicted octanol–water partition coefficient (Wildman–Crippen LogP) is 2.14. The van der Waals surface area contributed by atoms with Gasteiger partial charge in [-0.2, -0.15) is 11.8 Å². The fourth-order valence-corrected chi connectivity index (χ4v) is 2.74. The molecule has 0 aromatic carbocycles. The summed E-state index contributed by atoms with van der Waals surface area (Å²) >= 11 is 7.60. The lowest BCUT2D eigenvalue weighted by molar-refractivity contribution is 0.480. The van der Waals surface area contributed by atoms with Crippen molar-refractivity contribution in [2.24, 2.45) is 0 Å². The molecule has 0 N–H and O–H groups in total. The molecule has 0 radical (unpaired) electrons. The maximum Gasteiger partial charge on any atom is 0.318 e. The van der Waals surface area contributed by atoms with Crippen LogP contribution in [0.3, 0.4) is 0 Å². The molecular weight excluding hydrogens is 234 g/mol. The molecule has 0 spiro atoms. The Labute approximate surface area is 98.4 Å². The van der Waals surface area contributed by atoms with Crippen LogP contribution in [0.15, 0.2) is 4.42 Å². The van der Waals surface area contributed by atoms with E-state index in [1.807, 2.05) is 11.8 Å². The highest BCUT2D eigenvalue weighted by molar-refractivity contribution is 7.99. The van der Waals surface area contributed by atoms with E-state index in [-0.39, 0.29) is 5.88 Å². The first-order valence-electron chi connectivity index (χ1n) is 5.04. The van der Waals surface area contributed by atoms with E-state index < -0.39 is 0 Å². The van der Waals surface area contributed by atoms with Gasteiger partial charge in [0.05, 0.1) is 0 Å². The van der Waals surface area contributed by atoms with E-state index in [0.29, 0.717) is 17.9 Å². The Bertz CT molecular complexity index is 320. The third kappa shape index (κ3) is 2.58. The van der Waals surface area contributed by atoms with Crippen molar-refractivity contribution in [1.82, 2.24) is 10.2 Å². The van der Waals surface area contributed by atoms with Crippen molar-refractivity contribution in [2.75, 3.05) is 23.0 Å². The third-order valence-corrected chi connectivity index (χ3v) is 3.73. The first-order chi connectivity index (χ1) is 7.31. The van der Waals surface area contributed by atoms with Gasteiger partial charge in [0.1, 0.15) is 5.88 Å². The normalized spacial score (nSPS) is 22.8. The lowest BCUT2D eigenvalue weighted by Crippen LogP contribution is -2.33. The molecule has 1 aliphatic rings. The van der Waals surface area contributed by atoms with Crippen molar-refractivity contribution in [3.63, 3.8) is 0 Å². The summed E-state index contributed by atoms with van der Waals surface area (Å²) in [5.74, 6) is 3.09. The molecule has 4 nitrogen and oxygen atoms in total. The van der Waals surface area contributed by atoms with Crippen LogP contribution in [0.25, 0.3) is 0 Å². The molecule has 2 rings (SSSR count). The molecule has 0 amide bonds. The second kappa shape index (κ2) is 5.07. The van der Waals surface area contributed by atoms with Crippen molar-refractivity contribution in [1.29, 1.82) is 0 Å². The Hall–Kier alpha value is -0.420. The molecule has 15 heavy (non-hydrogen) atoms. The molecule has 1 aliphatic heterocycles. The van der Waals surface area contributed by atoms with Gasteiger partial charge in [-0.05, 0) is 19.1 Å². The molecule has 1 aromatic heterocycles. The SMILES string of the molecule is CC1CCSCCN1c1nnc(CCl)o1. The van der Waals surface area contributed by atoms with Gasteiger partial charge in [-0.25, -0.2) is 0 Å². The standard InChI is InChI=1S/C9H14ClN3OS/c1-7-2-4-15-5-3-13(7)9-12-11-8(6-10)14-9/h7H,2-6H2,1H3. The second-order valence-corrected chi connectivity index (χ2v) is 5.05. The second-order valence-electron chi connectivity index (χ2n) is 3.56. The van der Waals surface area contributed by atoms with Crippen LogP contribution in [0.2, 0.25) is 0 Å². The van der Waals surface area contributed by atoms with E-state index in [9.17, 15) is 0 Å². The van der Waals surface area contributed by atoms with Crippen LogP contribution in [-0.4, -0.2) is 34.3 Å². The lowest BCUT2D eigenvalue weighted by atomic mass is 10.2. The molecule has 0 aliphatic carbocycles. The fraction of sp³-hybridized carbons (Fsp3) is 0.778. The third-order valence-electron chi connectivity index (χ3n) is 2.50. The number of hydrogen-bond acceptors (Lipinski definition) is 5. The minimum Gasteiger partial charge on any atom is -0.407 e. The number of aromatic nitrogens is 2. The van der Waals surface area contributed by atoms with Crippen molar-refractivity contribution >= 4 is 29.4 Å². The Kier molecular flexibility index (Phi) is 3.75. The summed E-state index contributed by atoms with van der Waals surface area (Å²) in [5, 5.41) is 7.90. The van der Waals surface area contributed by atoms with Crippen LogP contribution in [0.1, 0.15) is 19.2 Å². The summed E-state index contributed by atoms with van der Waals surface area (Å²) in [7, 11) is 0. The minimum absolute atomic E-state index is 0.282. The molecule has 1 atom stereocenters. The first-order valence-corrected chi connectivity index (χ1v) is 6.73. The summed E-state index contributed by atoms with van der Waals surface area (Å²) in [6.07, 6.45) is 1.16. The molecule has 1 fully saturated rings. The zero-order valence-electron chi connectivity index (χ0n) is 8.65. The van der Waals surface area contributed by atoms with Crippen molar-refractivity contribution in [2.45, 2.75) is 25.3 Å². The summed E-state index contributed by atoms with van der Waals surface area (Å²) in [4.78, 5) is 2.17. The van der Waals surface area contributed by atoms with Gasteiger partial charge in [-0.15, -0.1) is 16.7 Å². The molecule has 1 unspecified atom stereocenters. The molecule has 0 saturated carbocycles. The number of rotatable bonds is 2. The highest BCUT2D eigenvalue weighted by atomic mass is 35.5. The van der Waals surface area contributed by atoms with Gasteiger partial charge in [-0.3, -0.25) is 0 Å². The maximum absolute atomic E-state index is 5.63. The zero-order valence-corrected chi connectivity index (χ0v) is 10.2. The molecule has 1 aromatic rings. The van der Waals surface area contributed by atoms with E-state index in [2.05, 4.69) is 22.0 Å². The van der Waals surface area contributed by atoms with Gasteiger partial charge in [0, 0.05) is 18.3 Å². The predicted molar refractivity (Wildman–Crippen MR) is 62.6 cm³/mol. The summed E-state index contributed by atoms with van der Waals surface area (Å²) in [5.41, 5.74) is 0. The zero-order chi connectivity index (χ0) is 10.7. The number of alkyl halides is 1. The highest BCUT2D eigenvalue weighted by Gasteiger charge is 2.21.